The van der Waals surface area contributed by atoms with Gasteiger partial charge in [0.05, 0.1) is 23.9 Å². The molecule has 1 N–H and O–H groups in total. The molecule has 9 heteroatoms. The molecule has 0 saturated carbocycles. The third kappa shape index (κ3) is 4.49. The van der Waals surface area contributed by atoms with E-state index in [0.717, 1.165) is 17.0 Å². The van der Waals surface area contributed by atoms with Crippen LogP contribution in [0.1, 0.15) is 26.2 Å². The number of halogens is 2. The summed E-state index contributed by atoms with van der Waals surface area (Å²) in [4.78, 5) is 49.8. The van der Waals surface area contributed by atoms with Gasteiger partial charge in [0.15, 0.2) is 6.10 Å². The smallest absolute Gasteiger partial charge is 0.308 e. The topological polar surface area (TPSA) is 92.8 Å². The Kier molecular flexibility index (Phi) is 6.05. The number of benzene rings is 1. The normalized spacial score (nSPS) is 21.7. The number of esters is 1. The van der Waals surface area contributed by atoms with Crippen molar-refractivity contribution in [2.75, 3.05) is 11.9 Å². The Morgan fingerprint density at radius 3 is 2.38 bits per heavy atom. The molecule has 0 aromatic heterocycles. The number of nitrogens with one attached hydrogen (secondary N) is 1. The number of rotatable bonds is 6. The minimum atomic E-state index is -1.25. The van der Waals surface area contributed by atoms with Crippen LogP contribution < -0.4 is 5.32 Å². The van der Waals surface area contributed by atoms with Gasteiger partial charge in [-0.15, -0.1) is 0 Å². The number of hydrogen-bond acceptors (Lipinski definition) is 5. The first-order valence-electron chi connectivity index (χ1n) is 9.23. The van der Waals surface area contributed by atoms with Crippen molar-refractivity contribution in [1.29, 1.82) is 0 Å². The van der Waals surface area contributed by atoms with E-state index < -0.39 is 29.6 Å². The van der Waals surface area contributed by atoms with E-state index in [1.54, 1.807) is 0 Å². The van der Waals surface area contributed by atoms with Gasteiger partial charge in [0, 0.05) is 12.6 Å². The first kappa shape index (κ1) is 20.6. The fraction of sp³-hybridized carbons (Fsp3) is 0.400. The molecule has 0 unspecified atom stereocenters. The Morgan fingerprint density at radius 2 is 1.79 bits per heavy atom. The lowest BCUT2D eigenvalue weighted by molar-refractivity contribution is -0.154. The Morgan fingerprint density at radius 1 is 1.17 bits per heavy atom. The van der Waals surface area contributed by atoms with Crippen LogP contribution in [0.5, 0.6) is 0 Å². The van der Waals surface area contributed by atoms with E-state index in [1.807, 2.05) is 12.2 Å². The molecule has 1 aromatic carbocycles. The Labute approximate surface area is 165 Å². The summed E-state index contributed by atoms with van der Waals surface area (Å²) in [5, 5.41) is 2.20. The molecule has 3 rings (SSSR count). The molecule has 2 aliphatic rings. The molecule has 1 saturated heterocycles. The first-order valence-corrected chi connectivity index (χ1v) is 9.23. The minimum absolute atomic E-state index is 0.121. The third-order valence-corrected chi connectivity index (χ3v) is 5.00. The second kappa shape index (κ2) is 8.50. The van der Waals surface area contributed by atoms with E-state index in [9.17, 15) is 28.0 Å². The van der Waals surface area contributed by atoms with Gasteiger partial charge >= 0.3 is 5.97 Å². The molecule has 1 aromatic rings. The van der Waals surface area contributed by atoms with E-state index in [2.05, 4.69) is 5.32 Å². The second-order valence-electron chi connectivity index (χ2n) is 6.98. The van der Waals surface area contributed by atoms with Gasteiger partial charge in [-0.05, 0) is 31.9 Å². The average molecular weight is 406 g/mol. The number of fused-ring (bicyclic) bond motifs is 1. The highest BCUT2D eigenvalue weighted by Gasteiger charge is 2.47. The number of anilines is 1. The molecule has 3 amide bonds. The van der Waals surface area contributed by atoms with Crippen LogP contribution in [-0.4, -0.2) is 41.2 Å². The Hall–Kier alpha value is -3.10. The van der Waals surface area contributed by atoms with Crippen LogP contribution in [-0.2, 0) is 23.9 Å². The van der Waals surface area contributed by atoms with Crippen LogP contribution in [0.2, 0.25) is 0 Å². The lowest BCUT2D eigenvalue weighted by atomic mass is 9.85. The highest BCUT2D eigenvalue weighted by molar-refractivity contribution is 6.05. The highest BCUT2D eigenvalue weighted by atomic mass is 19.1. The second-order valence-corrected chi connectivity index (χ2v) is 6.98. The highest BCUT2D eigenvalue weighted by Crippen LogP contribution is 2.35. The maximum Gasteiger partial charge on any atom is 0.308 e. The van der Waals surface area contributed by atoms with Crippen molar-refractivity contribution in [2.45, 2.75) is 32.3 Å². The van der Waals surface area contributed by atoms with Crippen LogP contribution >= 0.6 is 0 Å². The quantitative estimate of drug-likeness (QED) is 0.444. The molecule has 7 nitrogen and oxygen atoms in total. The summed E-state index contributed by atoms with van der Waals surface area (Å²) in [5.74, 6) is -4.67. The predicted molar refractivity (Wildman–Crippen MR) is 97.2 cm³/mol. The van der Waals surface area contributed by atoms with Crippen molar-refractivity contribution in [3.05, 3.63) is 42.0 Å². The SMILES string of the molecule is C[C@H](OC(=O)CCN1C(=O)[C@H]2CC=CC[C@@H]2C1=O)C(=O)Nc1ccc(F)cc1F. The molecular formula is C20H20F2N2O5. The molecule has 1 heterocycles. The van der Waals surface area contributed by atoms with Gasteiger partial charge < -0.3 is 10.1 Å². The molecular weight excluding hydrogens is 386 g/mol. The van der Waals surface area contributed by atoms with E-state index in [1.165, 1.54) is 6.92 Å². The molecule has 29 heavy (non-hydrogen) atoms. The van der Waals surface area contributed by atoms with Gasteiger partial charge in [-0.1, -0.05) is 12.2 Å². The van der Waals surface area contributed by atoms with Gasteiger partial charge in [-0.2, -0.15) is 0 Å². The maximum absolute atomic E-state index is 13.6. The van der Waals surface area contributed by atoms with Crippen molar-refractivity contribution in [3.63, 3.8) is 0 Å². The van der Waals surface area contributed by atoms with Crippen LogP contribution in [0.25, 0.3) is 0 Å². The number of nitrogens with zero attached hydrogens (tertiary/aromatic N) is 1. The minimum Gasteiger partial charge on any atom is -0.452 e. The van der Waals surface area contributed by atoms with Crippen molar-refractivity contribution >= 4 is 29.4 Å². The number of amides is 3. The number of allylic oxidation sites excluding steroid dienone is 2. The van der Waals surface area contributed by atoms with E-state index in [4.69, 9.17) is 4.74 Å². The zero-order chi connectivity index (χ0) is 21.1. The van der Waals surface area contributed by atoms with Crippen molar-refractivity contribution in [3.8, 4) is 0 Å². The average Bonchev–Trinajstić information content (AvgIpc) is 2.93. The first-order chi connectivity index (χ1) is 13.8. The standard InChI is InChI=1S/C20H20F2N2O5/c1-11(18(26)23-16-7-6-12(21)10-15(16)22)29-17(25)8-9-24-19(27)13-4-2-3-5-14(13)20(24)28/h2-3,6-7,10-11,13-14H,4-5,8-9H2,1H3,(H,23,26)/t11-,13-,14-/m0/s1. The number of ether oxygens (including phenoxy) is 1. The van der Waals surface area contributed by atoms with Crippen molar-refractivity contribution in [1.82, 2.24) is 4.90 Å². The lowest BCUT2D eigenvalue weighted by Crippen LogP contribution is -2.35. The monoisotopic (exact) mass is 406 g/mol. The number of hydrogen-bond donors (Lipinski definition) is 1. The molecule has 1 fully saturated rings. The lowest BCUT2D eigenvalue weighted by Gasteiger charge is -2.16. The summed E-state index contributed by atoms with van der Waals surface area (Å²) in [7, 11) is 0. The molecule has 1 aliphatic heterocycles. The van der Waals surface area contributed by atoms with Crippen LogP contribution in [0.15, 0.2) is 30.4 Å². The van der Waals surface area contributed by atoms with Crippen LogP contribution in [0.4, 0.5) is 14.5 Å². The van der Waals surface area contributed by atoms with Gasteiger partial charge in [0.1, 0.15) is 11.6 Å². The van der Waals surface area contributed by atoms with E-state index in [0.29, 0.717) is 18.9 Å². The summed E-state index contributed by atoms with van der Waals surface area (Å²) in [6.45, 7) is 1.17. The third-order valence-electron chi connectivity index (χ3n) is 5.00. The van der Waals surface area contributed by atoms with Gasteiger partial charge in [-0.3, -0.25) is 24.1 Å². The summed E-state index contributed by atoms with van der Waals surface area (Å²) in [5.41, 5.74) is -0.247. The summed E-state index contributed by atoms with van der Waals surface area (Å²) >= 11 is 0. The summed E-state index contributed by atoms with van der Waals surface area (Å²) < 4.78 is 31.5. The van der Waals surface area contributed by atoms with Crippen molar-refractivity contribution < 1.29 is 32.7 Å². The molecule has 1 aliphatic carbocycles. The summed E-state index contributed by atoms with van der Waals surface area (Å²) in [6, 6.07) is 2.64. The number of likely N-dealkylation sites (tertiary alicyclic amines) is 1. The molecule has 0 radical (unpaired) electrons. The number of imide groups is 1. The van der Waals surface area contributed by atoms with Gasteiger partial charge in [0.2, 0.25) is 11.8 Å². The Balaban J connectivity index is 1.49. The molecule has 0 spiro atoms. The van der Waals surface area contributed by atoms with Gasteiger partial charge in [0.25, 0.3) is 5.91 Å². The zero-order valence-corrected chi connectivity index (χ0v) is 15.7. The summed E-state index contributed by atoms with van der Waals surface area (Å²) in [6.07, 6.45) is 3.25. The predicted octanol–water partition coefficient (Wildman–Crippen LogP) is 2.18. The number of carbonyl (C=O) groups excluding carboxylic acids is 4. The molecule has 0 bridgehead atoms. The fourth-order valence-electron chi connectivity index (χ4n) is 3.43. The maximum atomic E-state index is 13.6. The van der Waals surface area contributed by atoms with Crippen LogP contribution in [0, 0.1) is 23.5 Å². The van der Waals surface area contributed by atoms with Gasteiger partial charge in [-0.25, -0.2) is 8.78 Å². The largest absolute Gasteiger partial charge is 0.452 e. The molecule has 154 valence electrons. The van der Waals surface area contributed by atoms with E-state index in [-0.39, 0.29) is 42.3 Å². The molecule has 3 atom stereocenters. The fourth-order valence-corrected chi connectivity index (χ4v) is 3.43. The zero-order valence-electron chi connectivity index (χ0n) is 15.7. The van der Waals surface area contributed by atoms with Crippen LogP contribution in [0.3, 0.4) is 0 Å². The Bertz CT molecular complexity index is 860. The number of carbonyl (C=O) groups is 4. The van der Waals surface area contributed by atoms with Crippen molar-refractivity contribution in [2.24, 2.45) is 11.8 Å². The van der Waals surface area contributed by atoms with E-state index >= 15 is 0 Å².